The molecular weight excluding hydrogens is 240 g/mol. The molecule has 3 heteroatoms. The first-order valence-electron chi connectivity index (χ1n) is 6.35. The molecule has 2 aromatic rings. The lowest BCUT2D eigenvalue weighted by atomic mass is 10.0. The molecule has 0 bridgehead atoms. The fourth-order valence-corrected chi connectivity index (χ4v) is 2.97. The molecular formula is C15H20N2S. The summed E-state index contributed by atoms with van der Waals surface area (Å²) in [5.74, 6) is 0.531. The van der Waals surface area contributed by atoms with Crippen molar-refractivity contribution in [2.75, 3.05) is 5.32 Å². The van der Waals surface area contributed by atoms with Gasteiger partial charge in [0, 0.05) is 10.6 Å². The standard InChI is InChI=1S/C15H20N2S/c1-10(2)13-7-5-6-8-14(13)17-12(4)15-11(3)16-9-18-15/h5-10,12,17H,1-4H3. The van der Waals surface area contributed by atoms with Crippen LogP contribution in [0.15, 0.2) is 29.8 Å². The topological polar surface area (TPSA) is 24.9 Å². The average molecular weight is 260 g/mol. The molecule has 0 radical (unpaired) electrons. The van der Waals surface area contributed by atoms with Crippen LogP contribution in [0.2, 0.25) is 0 Å². The van der Waals surface area contributed by atoms with Crippen LogP contribution in [0.1, 0.15) is 48.9 Å². The highest BCUT2D eigenvalue weighted by Crippen LogP contribution is 2.29. The summed E-state index contributed by atoms with van der Waals surface area (Å²) in [7, 11) is 0. The minimum Gasteiger partial charge on any atom is -0.377 e. The van der Waals surface area contributed by atoms with Gasteiger partial charge < -0.3 is 5.32 Å². The molecule has 0 spiro atoms. The van der Waals surface area contributed by atoms with E-state index in [1.807, 2.05) is 5.51 Å². The van der Waals surface area contributed by atoms with Crippen molar-refractivity contribution in [3.05, 3.63) is 45.9 Å². The van der Waals surface area contributed by atoms with E-state index in [0.29, 0.717) is 12.0 Å². The fraction of sp³-hybridized carbons (Fsp3) is 0.400. The molecule has 1 aromatic carbocycles. The summed E-state index contributed by atoms with van der Waals surface area (Å²) in [4.78, 5) is 5.63. The number of thiazole rings is 1. The molecule has 0 aliphatic carbocycles. The summed E-state index contributed by atoms with van der Waals surface area (Å²) in [6, 6.07) is 8.84. The number of para-hydroxylation sites is 1. The molecule has 2 rings (SSSR count). The van der Waals surface area contributed by atoms with Gasteiger partial charge in [0.2, 0.25) is 0 Å². The highest BCUT2D eigenvalue weighted by Gasteiger charge is 2.13. The van der Waals surface area contributed by atoms with Gasteiger partial charge in [0.05, 0.1) is 17.2 Å². The van der Waals surface area contributed by atoms with E-state index in [-0.39, 0.29) is 0 Å². The van der Waals surface area contributed by atoms with Gasteiger partial charge in [0.25, 0.3) is 0 Å². The maximum absolute atomic E-state index is 4.32. The zero-order chi connectivity index (χ0) is 13.1. The Hall–Kier alpha value is -1.35. The van der Waals surface area contributed by atoms with Crippen LogP contribution in [0.25, 0.3) is 0 Å². The van der Waals surface area contributed by atoms with E-state index in [0.717, 1.165) is 5.69 Å². The molecule has 96 valence electrons. The molecule has 0 saturated heterocycles. The third-order valence-electron chi connectivity index (χ3n) is 3.13. The molecule has 2 nitrogen and oxygen atoms in total. The first-order chi connectivity index (χ1) is 8.59. The first-order valence-corrected chi connectivity index (χ1v) is 7.23. The predicted octanol–water partition coefficient (Wildman–Crippen LogP) is 4.75. The van der Waals surface area contributed by atoms with Gasteiger partial charge in [-0.05, 0) is 31.4 Å². The van der Waals surface area contributed by atoms with Crippen LogP contribution < -0.4 is 5.32 Å². The van der Waals surface area contributed by atoms with Gasteiger partial charge in [-0.15, -0.1) is 11.3 Å². The van der Waals surface area contributed by atoms with Crippen LogP contribution in [-0.2, 0) is 0 Å². The van der Waals surface area contributed by atoms with Gasteiger partial charge in [-0.2, -0.15) is 0 Å². The second kappa shape index (κ2) is 5.53. The maximum atomic E-state index is 4.32. The second-order valence-electron chi connectivity index (χ2n) is 4.91. The SMILES string of the molecule is Cc1ncsc1C(C)Nc1ccccc1C(C)C. The van der Waals surface area contributed by atoms with E-state index in [1.54, 1.807) is 11.3 Å². The lowest BCUT2D eigenvalue weighted by Gasteiger charge is -2.19. The maximum Gasteiger partial charge on any atom is 0.0798 e. The molecule has 1 atom stereocenters. The van der Waals surface area contributed by atoms with Crippen LogP contribution in [0.5, 0.6) is 0 Å². The average Bonchev–Trinajstić information content (AvgIpc) is 2.76. The van der Waals surface area contributed by atoms with Gasteiger partial charge in [0.15, 0.2) is 0 Å². The second-order valence-corrected chi connectivity index (χ2v) is 5.80. The summed E-state index contributed by atoms with van der Waals surface area (Å²) >= 11 is 1.72. The third-order valence-corrected chi connectivity index (χ3v) is 4.24. The van der Waals surface area contributed by atoms with Gasteiger partial charge in [-0.25, -0.2) is 4.98 Å². The quantitative estimate of drug-likeness (QED) is 0.858. The van der Waals surface area contributed by atoms with Crippen molar-refractivity contribution < 1.29 is 0 Å². The molecule has 1 N–H and O–H groups in total. The lowest BCUT2D eigenvalue weighted by molar-refractivity contribution is 0.844. The predicted molar refractivity (Wildman–Crippen MR) is 79.4 cm³/mol. The van der Waals surface area contributed by atoms with Gasteiger partial charge >= 0.3 is 0 Å². The Morgan fingerprint density at radius 1 is 1.17 bits per heavy atom. The highest BCUT2D eigenvalue weighted by molar-refractivity contribution is 7.09. The molecule has 0 amide bonds. The number of rotatable bonds is 4. The van der Waals surface area contributed by atoms with Gasteiger partial charge in [-0.1, -0.05) is 32.0 Å². The number of hydrogen-bond donors (Lipinski definition) is 1. The molecule has 0 saturated carbocycles. The van der Waals surface area contributed by atoms with E-state index in [2.05, 4.69) is 62.3 Å². The monoisotopic (exact) mass is 260 g/mol. The number of aryl methyl sites for hydroxylation is 1. The normalized spacial score (nSPS) is 12.7. The zero-order valence-electron chi connectivity index (χ0n) is 11.4. The molecule has 0 aliphatic heterocycles. The molecule has 1 unspecified atom stereocenters. The van der Waals surface area contributed by atoms with Crippen LogP contribution in [0.3, 0.4) is 0 Å². The van der Waals surface area contributed by atoms with Crippen molar-refractivity contribution in [3.63, 3.8) is 0 Å². The van der Waals surface area contributed by atoms with E-state index < -0.39 is 0 Å². The number of benzene rings is 1. The van der Waals surface area contributed by atoms with Crippen molar-refractivity contribution in [2.24, 2.45) is 0 Å². The Balaban J connectivity index is 2.22. The van der Waals surface area contributed by atoms with Crippen molar-refractivity contribution in [1.29, 1.82) is 0 Å². The number of nitrogens with one attached hydrogen (secondary N) is 1. The van der Waals surface area contributed by atoms with Gasteiger partial charge in [0.1, 0.15) is 0 Å². The molecule has 1 heterocycles. The Morgan fingerprint density at radius 2 is 1.89 bits per heavy atom. The molecule has 0 aliphatic rings. The smallest absolute Gasteiger partial charge is 0.0798 e. The van der Waals surface area contributed by atoms with Crippen molar-refractivity contribution in [1.82, 2.24) is 4.98 Å². The largest absolute Gasteiger partial charge is 0.377 e. The zero-order valence-corrected chi connectivity index (χ0v) is 12.2. The van der Waals surface area contributed by atoms with Crippen molar-refractivity contribution in [3.8, 4) is 0 Å². The Labute approximate surface area is 113 Å². The Bertz CT molecular complexity index is 517. The summed E-state index contributed by atoms with van der Waals surface area (Å²) in [6.45, 7) is 8.71. The number of aromatic nitrogens is 1. The number of hydrogen-bond acceptors (Lipinski definition) is 3. The van der Waals surface area contributed by atoms with Crippen molar-refractivity contribution in [2.45, 2.75) is 39.7 Å². The van der Waals surface area contributed by atoms with E-state index in [4.69, 9.17) is 0 Å². The van der Waals surface area contributed by atoms with Crippen molar-refractivity contribution >= 4 is 17.0 Å². The molecule has 0 fully saturated rings. The molecule has 1 aromatic heterocycles. The minimum absolute atomic E-state index is 0.303. The summed E-state index contributed by atoms with van der Waals surface area (Å²) in [5.41, 5.74) is 5.64. The Kier molecular flexibility index (Phi) is 4.02. The van der Waals surface area contributed by atoms with E-state index in [1.165, 1.54) is 16.1 Å². The summed E-state index contributed by atoms with van der Waals surface area (Å²) in [5, 5.41) is 3.61. The van der Waals surface area contributed by atoms with Crippen LogP contribution in [0, 0.1) is 6.92 Å². The van der Waals surface area contributed by atoms with Gasteiger partial charge in [-0.3, -0.25) is 0 Å². The van der Waals surface area contributed by atoms with E-state index in [9.17, 15) is 0 Å². The van der Waals surface area contributed by atoms with Crippen LogP contribution in [-0.4, -0.2) is 4.98 Å². The number of anilines is 1. The fourth-order valence-electron chi connectivity index (χ4n) is 2.16. The van der Waals surface area contributed by atoms with Crippen LogP contribution in [0.4, 0.5) is 5.69 Å². The summed E-state index contributed by atoms with van der Waals surface area (Å²) in [6.07, 6.45) is 0. The minimum atomic E-state index is 0.303. The number of nitrogens with zero attached hydrogens (tertiary/aromatic N) is 1. The van der Waals surface area contributed by atoms with E-state index >= 15 is 0 Å². The third kappa shape index (κ3) is 2.72. The Morgan fingerprint density at radius 3 is 2.50 bits per heavy atom. The first kappa shape index (κ1) is 13.1. The summed E-state index contributed by atoms with van der Waals surface area (Å²) < 4.78 is 0. The lowest BCUT2D eigenvalue weighted by Crippen LogP contribution is -2.08. The van der Waals surface area contributed by atoms with Crippen LogP contribution >= 0.6 is 11.3 Å². The highest BCUT2D eigenvalue weighted by atomic mass is 32.1. The molecule has 18 heavy (non-hydrogen) atoms.